The number of aromatic nitrogens is 1. The summed E-state index contributed by atoms with van der Waals surface area (Å²) in [7, 11) is 3.49. The fraction of sp³-hybridized carbons (Fsp3) is 0.250. The van der Waals surface area contributed by atoms with Crippen molar-refractivity contribution in [3.8, 4) is 0 Å². The normalized spacial score (nSPS) is 12.1. The van der Waals surface area contributed by atoms with Gasteiger partial charge in [-0.15, -0.1) is 11.3 Å². The van der Waals surface area contributed by atoms with Crippen molar-refractivity contribution in [3.63, 3.8) is 0 Å². The molecule has 0 aliphatic heterocycles. The van der Waals surface area contributed by atoms with Gasteiger partial charge in [-0.3, -0.25) is 14.5 Å². The van der Waals surface area contributed by atoms with E-state index < -0.39 is 0 Å². The van der Waals surface area contributed by atoms with Gasteiger partial charge in [-0.25, -0.2) is 4.98 Å². The Balaban J connectivity index is 1.60. The number of nitrogens with zero attached hydrogens (tertiary/aromatic N) is 2. The number of carbonyl (C=O) groups excluding carboxylic acids is 2. The van der Waals surface area contributed by atoms with Gasteiger partial charge in [0.05, 0.1) is 22.8 Å². The van der Waals surface area contributed by atoms with Crippen LogP contribution in [0, 0.1) is 0 Å². The van der Waals surface area contributed by atoms with Crippen LogP contribution in [0.5, 0.6) is 0 Å². The van der Waals surface area contributed by atoms with Crippen LogP contribution in [-0.2, 0) is 4.79 Å². The molecule has 3 rings (SSSR count). The van der Waals surface area contributed by atoms with Gasteiger partial charge in [0, 0.05) is 18.3 Å². The van der Waals surface area contributed by atoms with Crippen LogP contribution in [0.3, 0.4) is 0 Å². The highest BCUT2D eigenvalue weighted by atomic mass is 32.1. The number of benzene rings is 2. The quantitative estimate of drug-likeness (QED) is 0.686. The summed E-state index contributed by atoms with van der Waals surface area (Å²) in [4.78, 5) is 30.5. The van der Waals surface area contributed by atoms with Crippen molar-refractivity contribution in [1.29, 1.82) is 0 Å². The molecule has 0 radical (unpaired) electrons. The first-order valence-corrected chi connectivity index (χ1v) is 9.47. The van der Waals surface area contributed by atoms with Crippen molar-refractivity contribution in [2.75, 3.05) is 26.0 Å². The van der Waals surface area contributed by atoms with Crippen LogP contribution in [0.1, 0.15) is 28.3 Å². The topological polar surface area (TPSA) is 74.3 Å². The minimum absolute atomic E-state index is 0.0313. The first kappa shape index (κ1) is 19.0. The Morgan fingerprint density at radius 2 is 1.85 bits per heavy atom. The Morgan fingerprint density at radius 1 is 1.15 bits per heavy atom. The average Bonchev–Trinajstić information content (AvgIpc) is 3.11. The second-order valence-corrected chi connectivity index (χ2v) is 7.38. The van der Waals surface area contributed by atoms with Gasteiger partial charge in [-0.2, -0.15) is 0 Å². The van der Waals surface area contributed by atoms with Gasteiger partial charge < -0.3 is 10.6 Å². The van der Waals surface area contributed by atoms with E-state index in [1.54, 1.807) is 42.6 Å². The Labute approximate surface area is 162 Å². The lowest BCUT2D eigenvalue weighted by atomic mass is 10.2. The first-order chi connectivity index (χ1) is 13.0. The molecule has 7 heteroatoms. The molecule has 2 N–H and O–H groups in total. The molecule has 140 valence electrons. The van der Waals surface area contributed by atoms with Gasteiger partial charge in [0.15, 0.2) is 0 Å². The third-order valence-corrected chi connectivity index (χ3v) is 5.59. The fourth-order valence-electron chi connectivity index (χ4n) is 2.67. The number of amides is 2. The molecule has 0 aliphatic rings. The molecule has 27 heavy (non-hydrogen) atoms. The predicted molar refractivity (Wildman–Crippen MR) is 109 cm³/mol. The zero-order valence-corrected chi connectivity index (χ0v) is 16.3. The van der Waals surface area contributed by atoms with E-state index >= 15 is 0 Å². The molecule has 2 amide bonds. The minimum Gasteiger partial charge on any atom is -0.355 e. The maximum Gasteiger partial charge on any atom is 0.251 e. The molecule has 2 aromatic carbocycles. The van der Waals surface area contributed by atoms with Crippen molar-refractivity contribution >= 4 is 39.1 Å². The Morgan fingerprint density at radius 3 is 2.52 bits per heavy atom. The lowest BCUT2D eigenvalue weighted by Crippen LogP contribution is -2.32. The largest absolute Gasteiger partial charge is 0.355 e. The van der Waals surface area contributed by atoms with Crippen LogP contribution >= 0.6 is 11.3 Å². The van der Waals surface area contributed by atoms with Gasteiger partial charge in [-0.1, -0.05) is 12.1 Å². The number of carbonyl (C=O) groups is 2. The second kappa shape index (κ2) is 8.28. The molecular weight excluding hydrogens is 360 g/mol. The zero-order chi connectivity index (χ0) is 19.4. The molecule has 6 nitrogen and oxygen atoms in total. The first-order valence-electron chi connectivity index (χ1n) is 8.65. The minimum atomic E-state index is -0.155. The Bertz CT molecular complexity index is 919. The van der Waals surface area contributed by atoms with E-state index in [4.69, 9.17) is 0 Å². The number of hydrogen-bond acceptors (Lipinski definition) is 5. The van der Waals surface area contributed by atoms with Gasteiger partial charge >= 0.3 is 0 Å². The maximum absolute atomic E-state index is 12.4. The Hall–Kier alpha value is -2.77. The lowest BCUT2D eigenvalue weighted by molar-refractivity contribution is -0.117. The van der Waals surface area contributed by atoms with Gasteiger partial charge in [0.2, 0.25) is 5.91 Å². The number of anilines is 1. The van der Waals surface area contributed by atoms with Crippen LogP contribution in [0.4, 0.5) is 5.69 Å². The molecule has 3 aromatic rings. The summed E-state index contributed by atoms with van der Waals surface area (Å²) in [6.07, 6.45) is 0. The predicted octanol–water partition coefficient (Wildman–Crippen LogP) is 3.29. The van der Waals surface area contributed by atoms with E-state index in [9.17, 15) is 9.59 Å². The van der Waals surface area contributed by atoms with E-state index in [-0.39, 0.29) is 24.4 Å². The summed E-state index contributed by atoms with van der Waals surface area (Å²) >= 11 is 1.65. The van der Waals surface area contributed by atoms with E-state index in [0.717, 1.165) is 15.2 Å². The zero-order valence-electron chi connectivity index (χ0n) is 15.5. The Kier molecular flexibility index (Phi) is 5.83. The van der Waals surface area contributed by atoms with Crippen LogP contribution in [0.25, 0.3) is 10.2 Å². The second-order valence-electron chi connectivity index (χ2n) is 6.32. The highest BCUT2D eigenvalue weighted by Gasteiger charge is 2.18. The van der Waals surface area contributed by atoms with Crippen molar-refractivity contribution in [3.05, 3.63) is 59.1 Å². The SMILES string of the molecule is CNC(=O)c1ccc(NC(=O)CN(C)[C@H](C)c2nc3ccccc3s2)cc1. The summed E-state index contributed by atoms with van der Waals surface area (Å²) in [5, 5.41) is 6.42. The molecular formula is C20H22N4O2S. The summed E-state index contributed by atoms with van der Waals surface area (Å²) < 4.78 is 1.15. The molecule has 0 spiro atoms. The summed E-state index contributed by atoms with van der Waals surface area (Å²) in [5.41, 5.74) is 2.20. The molecule has 0 aliphatic carbocycles. The molecule has 1 atom stereocenters. The highest BCUT2D eigenvalue weighted by Crippen LogP contribution is 2.28. The van der Waals surface area contributed by atoms with Crippen molar-refractivity contribution in [2.45, 2.75) is 13.0 Å². The number of para-hydroxylation sites is 1. The summed E-state index contributed by atoms with van der Waals surface area (Å²) in [5.74, 6) is -0.268. The third-order valence-electron chi connectivity index (χ3n) is 4.38. The number of hydrogen-bond donors (Lipinski definition) is 2. The summed E-state index contributed by atoms with van der Waals surface area (Å²) in [6, 6.07) is 14.9. The molecule has 0 saturated carbocycles. The number of rotatable bonds is 6. The van der Waals surface area contributed by atoms with Crippen LogP contribution in [0.2, 0.25) is 0 Å². The smallest absolute Gasteiger partial charge is 0.251 e. The van der Waals surface area contributed by atoms with Gasteiger partial charge in [0.25, 0.3) is 5.91 Å². The van der Waals surface area contributed by atoms with Crippen LogP contribution in [-0.4, -0.2) is 42.3 Å². The third kappa shape index (κ3) is 4.50. The number of fused-ring (bicyclic) bond motifs is 1. The van der Waals surface area contributed by atoms with Crippen molar-refractivity contribution in [2.24, 2.45) is 0 Å². The number of thiazole rings is 1. The maximum atomic E-state index is 12.4. The van der Waals surface area contributed by atoms with E-state index in [1.807, 2.05) is 37.1 Å². The molecule has 0 bridgehead atoms. The number of nitrogens with one attached hydrogen (secondary N) is 2. The fourth-order valence-corrected chi connectivity index (χ4v) is 3.76. The van der Waals surface area contributed by atoms with Gasteiger partial charge in [0.1, 0.15) is 5.01 Å². The van der Waals surface area contributed by atoms with Crippen molar-refractivity contribution in [1.82, 2.24) is 15.2 Å². The van der Waals surface area contributed by atoms with Crippen LogP contribution in [0.15, 0.2) is 48.5 Å². The van der Waals surface area contributed by atoms with Gasteiger partial charge in [-0.05, 0) is 50.4 Å². The van der Waals surface area contributed by atoms with Crippen molar-refractivity contribution < 1.29 is 9.59 Å². The van der Waals surface area contributed by atoms with E-state index in [0.29, 0.717) is 11.3 Å². The monoisotopic (exact) mass is 382 g/mol. The number of likely N-dealkylation sites (N-methyl/N-ethyl adjacent to an activating group) is 1. The van der Waals surface area contributed by atoms with E-state index in [1.165, 1.54) is 0 Å². The summed E-state index contributed by atoms with van der Waals surface area (Å²) in [6.45, 7) is 2.29. The molecule has 0 unspecified atom stereocenters. The molecule has 1 aromatic heterocycles. The standard InChI is InChI=1S/C20H22N4O2S/c1-13(20-23-16-6-4-5-7-17(16)27-20)24(3)12-18(25)22-15-10-8-14(9-11-15)19(26)21-2/h4-11,13H,12H2,1-3H3,(H,21,26)(H,22,25)/t13-/m1/s1. The average molecular weight is 382 g/mol. The lowest BCUT2D eigenvalue weighted by Gasteiger charge is -2.22. The van der Waals surface area contributed by atoms with Crippen LogP contribution < -0.4 is 10.6 Å². The van der Waals surface area contributed by atoms with E-state index in [2.05, 4.69) is 21.7 Å². The molecule has 0 saturated heterocycles. The molecule has 0 fully saturated rings. The highest BCUT2D eigenvalue weighted by molar-refractivity contribution is 7.18. The molecule has 1 heterocycles.